The molecule has 3 aromatic rings. The van der Waals surface area contributed by atoms with Gasteiger partial charge in [-0.05, 0) is 30.5 Å². The van der Waals surface area contributed by atoms with E-state index >= 15 is 0 Å². The van der Waals surface area contributed by atoms with Gasteiger partial charge >= 0.3 is 0 Å². The number of para-hydroxylation sites is 1. The summed E-state index contributed by atoms with van der Waals surface area (Å²) in [6.07, 6.45) is 3.84. The fourth-order valence-corrected chi connectivity index (χ4v) is 4.42. The van der Waals surface area contributed by atoms with Gasteiger partial charge < -0.3 is 5.21 Å². The lowest BCUT2D eigenvalue weighted by Crippen LogP contribution is -2.15. The van der Waals surface area contributed by atoms with E-state index in [1.165, 1.54) is 10.2 Å². The number of rotatable bonds is 5. The average Bonchev–Trinajstić information content (AvgIpc) is 3.00. The van der Waals surface area contributed by atoms with E-state index in [4.69, 9.17) is 5.21 Å². The van der Waals surface area contributed by atoms with Crippen LogP contribution in [0.2, 0.25) is 0 Å². The van der Waals surface area contributed by atoms with Crippen LogP contribution in [0.1, 0.15) is 37.4 Å². The molecule has 0 amide bonds. The molecular weight excluding hydrogens is 360 g/mol. The summed E-state index contributed by atoms with van der Waals surface area (Å²) in [7, 11) is -3.87. The smallest absolute Gasteiger partial charge is 0.269 e. The highest BCUT2D eigenvalue weighted by Gasteiger charge is 2.25. The molecule has 3 rings (SSSR count). The van der Waals surface area contributed by atoms with Crippen LogP contribution in [-0.2, 0) is 10.0 Å². The van der Waals surface area contributed by atoms with Crippen LogP contribution in [0.3, 0.4) is 0 Å². The van der Waals surface area contributed by atoms with E-state index in [0.717, 1.165) is 12.8 Å². The Morgan fingerprint density at radius 1 is 1.11 bits per heavy atom. The van der Waals surface area contributed by atoms with E-state index in [1.807, 2.05) is 6.07 Å². The fraction of sp³-hybridized carbons (Fsp3) is 0.190. The summed E-state index contributed by atoms with van der Waals surface area (Å²) >= 11 is 0. The van der Waals surface area contributed by atoms with Gasteiger partial charge in [0.05, 0.1) is 16.6 Å². The number of unbranched alkanes of at least 4 members (excludes halogenated alkanes) is 2. The Kier molecular flexibility index (Phi) is 5.63. The third kappa shape index (κ3) is 3.60. The molecule has 0 atom stereocenters. The van der Waals surface area contributed by atoms with Crippen LogP contribution < -0.4 is 0 Å². The monoisotopic (exact) mass is 380 g/mol. The van der Waals surface area contributed by atoms with Crippen molar-refractivity contribution < 1.29 is 13.6 Å². The molecule has 1 aromatic heterocycles. The Balaban J connectivity index is 2.34. The largest absolute Gasteiger partial charge is 0.411 e. The second kappa shape index (κ2) is 8.11. The first-order valence-corrected chi connectivity index (χ1v) is 10.2. The van der Waals surface area contributed by atoms with Gasteiger partial charge in [-0.3, -0.25) is 0 Å². The SMILES string of the molecule is CCCCC#Cc1c(/C=N/O)c2ccccc2n1S(=O)(=O)c1ccccc1. The normalized spacial score (nSPS) is 11.6. The molecule has 0 aliphatic heterocycles. The molecule has 27 heavy (non-hydrogen) atoms. The maximum absolute atomic E-state index is 13.4. The fourth-order valence-electron chi connectivity index (χ4n) is 2.90. The lowest BCUT2D eigenvalue weighted by molar-refractivity contribution is 0.322. The Morgan fingerprint density at radius 3 is 2.52 bits per heavy atom. The van der Waals surface area contributed by atoms with Gasteiger partial charge in [-0.25, -0.2) is 12.4 Å². The topological polar surface area (TPSA) is 71.7 Å². The van der Waals surface area contributed by atoms with Gasteiger partial charge in [0.1, 0.15) is 5.69 Å². The molecule has 0 fully saturated rings. The van der Waals surface area contributed by atoms with Crippen LogP contribution in [0.15, 0.2) is 64.6 Å². The molecule has 0 aliphatic rings. The van der Waals surface area contributed by atoms with Crippen LogP contribution in [0.25, 0.3) is 10.9 Å². The van der Waals surface area contributed by atoms with E-state index in [9.17, 15) is 8.42 Å². The van der Waals surface area contributed by atoms with Gasteiger partial charge in [0.25, 0.3) is 10.0 Å². The highest BCUT2D eigenvalue weighted by Crippen LogP contribution is 2.29. The van der Waals surface area contributed by atoms with E-state index in [1.54, 1.807) is 48.5 Å². The van der Waals surface area contributed by atoms with Crippen LogP contribution >= 0.6 is 0 Å². The minimum Gasteiger partial charge on any atom is -0.411 e. The maximum Gasteiger partial charge on any atom is 0.269 e. The standard InChI is InChI=1S/C21H20N2O3S/c1-2-3-4-8-14-21-19(16-22-24)18-13-9-10-15-20(18)23(21)27(25,26)17-11-6-5-7-12-17/h5-7,9-13,15-16,24H,2-4H2,1H3/b22-16+. The predicted octanol–water partition coefficient (Wildman–Crippen LogP) is 4.23. The number of fused-ring (bicyclic) bond motifs is 1. The summed E-state index contributed by atoms with van der Waals surface area (Å²) < 4.78 is 28.0. The van der Waals surface area contributed by atoms with Crippen molar-refractivity contribution >= 4 is 27.1 Å². The molecule has 0 saturated heterocycles. The zero-order chi connectivity index (χ0) is 19.3. The lowest BCUT2D eigenvalue weighted by Gasteiger charge is -2.09. The van der Waals surface area contributed by atoms with Gasteiger partial charge in [-0.15, -0.1) is 0 Å². The number of hydrogen-bond donors (Lipinski definition) is 1. The van der Waals surface area contributed by atoms with Crippen molar-refractivity contribution in [1.29, 1.82) is 0 Å². The van der Waals surface area contributed by atoms with E-state index in [2.05, 4.69) is 23.9 Å². The summed E-state index contributed by atoms with van der Waals surface area (Å²) in [5.74, 6) is 6.05. The first kappa shape index (κ1) is 18.7. The van der Waals surface area contributed by atoms with Gasteiger partial charge in [0.2, 0.25) is 0 Å². The predicted molar refractivity (Wildman–Crippen MR) is 107 cm³/mol. The Labute approximate surface area is 159 Å². The molecule has 0 bridgehead atoms. The molecule has 0 spiro atoms. The van der Waals surface area contributed by atoms with Crippen molar-refractivity contribution in [3.05, 3.63) is 65.9 Å². The van der Waals surface area contributed by atoms with Crippen LogP contribution in [0.5, 0.6) is 0 Å². The maximum atomic E-state index is 13.4. The molecule has 138 valence electrons. The molecule has 6 heteroatoms. The average molecular weight is 380 g/mol. The second-order valence-electron chi connectivity index (χ2n) is 6.01. The van der Waals surface area contributed by atoms with E-state index in [-0.39, 0.29) is 4.90 Å². The van der Waals surface area contributed by atoms with Crippen molar-refractivity contribution in [2.24, 2.45) is 5.16 Å². The van der Waals surface area contributed by atoms with Crippen LogP contribution in [0.4, 0.5) is 0 Å². The lowest BCUT2D eigenvalue weighted by atomic mass is 10.1. The molecule has 2 aromatic carbocycles. The number of nitrogens with zero attached hydrogens (tertiary/aromatic N) is 2. The number of oxime groups is 1. The first-order chi connectivity index (χ1) is 13.1. The van der Waals surface area contributed by atoms with Crippen molar-refractivity contribution in [2.75, 3.05) is 0 Å². The number of benzene rings is 2. The van der Waals surface area contributed by atoms with E-state index in [0.29, 0.717) is 28.6 Å². The third-order valence-electron chi connectivity index (χ3n) is 4.20. The van der Waals surface area contributed by atoms with Crippen molar-refractivity contribution in [3.63, 3.8) is 0 Å². The minimum atomic E-state index is -3.87. The summed E-state index contributed by atoms with van der Waals surface area (Å²) in [5, 5.41) is 12.9. The van der Waals surface area contributed by atoms with Crippen molar-refractivity contribution in [1.82, 2.24) is 3.97 Å². The zero-order valence-corrected chi connectivity index (χ0v) is 15.8. The van der Waals surface area contributed by atoms with E-state index < -0.39 is 10.0 Å². The highest BCUT2D eigenvalue weighted by molar-refractivity contribution is 7.90. The van der Waals surface area contributed by atoms with Crippen molar-refractivity contribution in [2.45, 2.75) is 31.1 Å². The molecule has 1 N–H and O–H groups in total. The second-order valence-corrected chi connectivity index (χ2v) is 7.80. The summed E-state index contributed by atoms with van der Waals surface area (Å²) in [6.45, 7) is 2.07. The molecule has 0 unspecified atom stereocenters. The molecule has 1 heterocycles. The Morgan fingerprint density at radius 2 is 1.81 bits per heavy atom. The quantitative estimate of drug-likeness (QED) is 0.237. The van der Waals surface area contributed by atoms with Crippen molar-refractivity contribution in [3.8, 4) is 11.8 Å². The minimum absolute atomic E-state index is 0.176. The Hall–Kier alpha value is -3.04. The zero-order valence-electron chi connectivity index (χ0n) is 15.0. The molecule has 0 saturated carbocycles. The van der Waals surface area contributed by atoms with Crippen LogP contribution in [-0.4, -0.2) is 23.8 Å². The Bertz CT molecular complexity index is 1130. The molecule has 5 nitrogen and oxygen atoms in total. The highest BCUT2D eigenvalue weighted by atomic mass is 32.2. The number of hydrogen-bond acceptors (Lipinski definition) is 4. The van der Waals surface area contributed by atoms with Gasteiger partial charge in [-0.2, -0.15) is 0 Å². The first-order valence-electron chi connectivity index (χ1n) is 8.71. The molecule has 0 aliphatic carbocycles. The van der Waals surface area contributed by atoms with Gasteiger partial charge in [0.15, 0.2) is 0 Å². The third-order valence-corrected chi connectivity index (χ3v) is 5.93. The van der Waals surface area contributed by atoms with Gasteiger partial charge in [-0.1, -0.05) is 60.8 Å². The molecular formula is C21H20N2O3S. The summed E-state index contributed by atoms with van der Waals surface area (Å²) in [4.78, 5) is 0.176. The molecule has 0 radical (unpaired) electrons. The summed E-state index contributed by atoms with van der Waals surface area (Å²) in [5.41, 5.74) is 1.28. The van der Waals surface area contributed by atoms with Gasteiger partial charge in [0, 0.05) is 17.4 Å². The number of aromatic nitrogens is 1. The van der Waals surface area contributed by atoms with Crippen LogP contribution in [0, 0.1) is 11.8 Å². The summed E-state index contributed by atoms with van der Waals surface area (Å²) in [6, 6.07) is 15.3.